The molecule has 0 fully saturated rings. The van der Waals surface area contributed by atoms with Crippen LogP contribution in [0.25, 0.3) is 0 Å². The number of aryl methyl sites for hydroxylation is 1. The highest BCUT2D eigenvalue weighted by atomic mass is 32.1. The zero-order chi connectivity index (χ0) is 25.2. The number of nitrogens with one attached hydrogen (secondary N) is 1. The molecule has 35 heavy (non-hydrogen) atoms. The molecule has 3 aromatic rings. The summed E-state index contributed by atoms with van der Waals surface area (Å²) in [5, 5.41) is 13.7. The molecule has 0 saturated heterocycles. The molecule has 0 radical (unpaired) electrons. The standard InChI is InChI=1S/C26H29N3O3P2S/c1-4-32-22(30)15-27-25(31)26(3)23(21-6-5-13-35-21)24(17-9-7-16(2)8-10-17)28-29(26)19-12-11-18(33)14-20(19)34/h5-14,23H,4,15,33-34H2,1-3H3,(H,27,31). The lowest BCUT2D eigenvalue weighted by Gasteiger charge is -2.37. The monoisotopic (exact) mass is 525 g/mol. The minimum absolute atomic E-state index is 0.203. The van der Waals surface area contributed by atoms with E-state index in [4.69, 9.17) is 9.84 Å². The summed E-state index contributed by atoms with van der Waals surface area (Å²) < 4.78 is 5.03. The Bertz CT molecular complexity index is 1260. The predicted octanol–water partition coefficient (Wildman–Crippen LogP) is 3.50. The summed E-state index contributed by atoms with van der Waals surface area (Å²) in [5.41, 5.74) is 2.58. The van der Waals surface area contributed by atoms with Gasteiger partial charge < -0.3 is 10.1 Å². The van der Waals surface area contributed by atoms with E-state index < -0.39 is 11.5 Å². The van der Waals surface area contributed by atoms with Crippen LogP contribution in [0.3, 0.4) is 0 Å². The molecule has 1 amide bonds. The summed E-state index contributed by atoms with van der Waals surface area (Å²) in [7, 11) is 5.44. The molecule has 2 heterocycles. The average Bonchev–Trinajstić information content (AvgIpc) is 3.45. The van der Waals surface area contributed by atoms with Crippen molar-refractivity contribution >= 4 is 63.7 Å². The van der Waals surface area contributed by atoms with Gasteiger partial charge in [0.25, 0.3) is 0 Å². The summed E-state index contributed by atoms with van der Waals surface area (Å²) in [5.74, 6) is -1.12. The number of thiophene rings is 1. The number of nitrogens with zero attached hydrogens (tertiary/aromatic N) is 2. The molecule has 4 atom stereocenters. The van der Waals surface area contributed by atoms with Crippen molar-refractivity contribution in [2.45, 2.75) is 32.2 Å². The van der Waals surface area contributed by atoms with Crippen LogP contribution in [-0.4, -0.2) is 36.3 Å². The van der Waals surface area contributed by atoms with Crippen LogP contribution in [0.5, 0.6) is 0 Å². The molecular weight excluding hydrogens is 496 g/mol. The Labute approximate surface area is 214 Å². The largest absolute Gasteiger partial charge is 0.465 e. The second-order valence-corrected chi connectivity index (χ2v) is 10.8. The number of rotatable bonds is 7. The van der Waals surface area contributed by atoms with Crippen molar-refractivity contribution in [3.8, 4) is 0 Å². The molecule has 1 aliphatic rings. The maximum Gasteiger partial charge on any atom is 0.325 e. The molecule has 182 valence electrons. The minimum Gasteiger partial charge on any atom is -0.465 e. The Morgan fingerprint density at radius 3 is 2.54 bits per heavy atom. The molecule has 2 aromatic carbocycles. The minimum atomic E-state index is -1.13. The number of hydrazone groups is 1. The summed E-state index contributed by atoms with van der Waals surface area (Å²) in [6, 6.07) is 18.2. The Morgan fingerprint density at radius 1 is 1.17 bits per heavy atom. The maximum absolute atomic E-state index is 13.9. The van der Waals surface area contributed by atoms with Gasteiger partial charge in [0.15, 0.2) is 5.54 Å². The van der Waals surface area contributed by atoms with Gasteiger partial charge in [0, 0.05) is 4.88 Å². The first-order valence-electron chi connectivity index (χ1n) is 11.3. The molecule has 0 aliphatic carbocycles. The molecular formula is C26H29N3O3P2S. The number of carbonyl (C=O) groups is 2. The van der Waals surface area contributed by atoms with Crippen molar-refractivity contribution in [1.29, 1.82) is 0 Å². The summed E-state index contributed by atoms with van der Waals surface area (Å²) >= 11 is 1.59. The van der Waals surface area contributed by atoms with Crippen LogP contribution in [0.4, 0.5) is 5.69 Å². The highest BCUT2D eigenvalue weighted by molar-refractivity contribution is 7.29. The first kappa shape index (κ1) is 25.5. The zero-order valence-corrected chi connectivity index (χ0v) is 23.1. The van der Waals surface area contributed by atoms with Crippen molar-refractivity contribution in [3.63, 3.8) is 0 Å². The van der Waals surface area contributed by atoms with Gasteiger partial charge in [-0.1, -0.05) is 42.0 Å². The van der Waals surface area contributed by atoms with Gasteiger partial charge in [-0.2, -0.15) is 5.10 Å². The van der Waals surface area contributed by atoms with Crippen molar-refractivity contribution in [3.05, 3.63) is 76.0 Å². The van der Waals surface area contributed by atoms with E-state index in [-0.39, 0.29) is 25.0 Å². The molecule has 9 heteroatoms. The van der Waals surface area contributed by atoms with Gasteiger partial charge in [-0.3, -0.25) is 9.59 Å². The molecule has 6 nitrogen and oxygen atoms in total. The average molecular weight is 526 g/mol. The molecule has 1 aromatic heterocycles. The number of amides is 1. The van der Waals surface area contributed by atoms with Crippen molar-refractivity contribution < 1.29 is 14.3 Å². The van der Waals surface area contributed by atoms with Crippen molar-refractivity contribution in [2.75, 3.05) is 18.2 Å². The van der Waals surface area contributed by atoms with Gasteiger partial charge >= 0.3 is 5.97 Å². The lowest BCUT2D eigenvalue weighted by atomic mass is 9.78. The summed E-state index contributed by atoms with van der Waals surface area (Å²) in [6.07, 6.45) is 0. The summed E-state index contributed by atoms with van der Waals surface area (Å²) in [6.45, 7) is 5.73. The van der Waals surface area contributed by atoms with Crippen molar-refractivity contribution in [1.82, 2.24) is 5.32 Å². The van der Waals surface area contributed by atoms with Gasteiger partial charge in [0.2, 0.25) is 5.91 Å². The lowest BCUT2D eigenvalue weighted by Crippen LogP contribution is -2.58. The third kappa shape index (κ3) is 5.04. The molecule has 4 unspecified atom stereocenters. The van der Waals surface area contributed by atoms with E-state index in [0.29, 0.717) is 0 Å². The maximum atomic E-state index is 13.9. The summed E-state index contributed by atoms with van der Waals surface area (Å²) in [4.78, 5) is 27.0. The third-order valence-corrected chi connectivity index (χ3v) is 7.86. The number of carbonyl (C=O) groups excluding carboxylic acids is 2. The molecule has 0 bridgehead atoms. The highest BCUT2D eigenvalue weighted by Crippen LogP contribution is 2.46. The Hall–Kier alpha value is -2.59. The van der Waals surface area contributed by atoms with E-state index in [1.165, 1.54) is 0 Å². The van der Waals surface area contributed by atoms with E-state index in [0.717, 1.165) is 38.0 Å². The number of anilines is 1. The molecule has 1 aliphatic heterocycles. The van der Waals surface area contributed by atoms with Crippen LogP contribution < -0.4 is 20.9 Å². The number of benzene rings is 2. The first-order valence-corrected chi connectivity index (χ1v) is 13.4. The van der Waals surface area contributed by atoms with E-state index >= 15 is 0 Å². The fourth-order valence-corrected chi connectivity index (χ4v) is 6.14. The van der Waals surface area contributed by atoms with Crippen LogP contribution in [0, 0.1) is 6.92 Å². The molecule has 0 saturated carbocycles. The van der Waals surface area contributed by atoms with Gasteiger partial charge in [-0.15, -0.1) is 29.8 Å². The second-order valence-electron chi connectivity index (χ2n) is 8.56. The predicted molar refractivity (Wildman–Crippen MR) is 150 cm³/mol. The van der Waals surface area contributed by atoms with Crippen LogP contribution in [0.15, 0.2) is 65.1 Å². The Balaban J connectivity index is 1.87. The first-order chi connectivity index (χ1) is 16.8. The van der Waals surface area contributed by atoms with E-state index in [1.54, 1.807) is 23.3 Å². The Morgan fingerprint density at radius 2 is 1.91 bits per heavy atom. The van der Waals surface area contributed by atoms with Gasteiger partial charge in [0.05, 0.1) is 23.9 Å². The number of hydrogen-bond acceptors (Lipinski definition) is 6. The molecule has 1 N–H and O–H groups in total. The fraction of sp³-hybridized carbons (Fsp3) is 0.269. The molecule has 0 spiro atoms. The smallest absolute Gasteiger partial charge is 0.325 e. The van der Waals surface area contributed by atoms with Crippen LogP contribution in [-0.2, 0) is 14.3 Å². The van der Waals surface area contributed by atoms with Gasteiger partial charge in [-0.25, -0.2) is 5.01 Å². The van der Waals surface area contributed by atoms with Crippen LogP contribution >= 0.6 is 29.8 Å². The highest BCUT2D eigenvalue weighted by Gasteiger charge is 2.55. The van der Waals surface area contributed by atoms with E-state index in [9.17, 15) is 9.59 Å². The zero-order valence-electron chi connectivity index (χ0n) is 19.9. The van der Waals surface area contributed by atoms with Crippen LogP contribution in [0.1, 0.15) is 35.8 Å². The van der Waals surface area contributed by atoms with E-state index in [2.05, 4.69) is 23.8 Å². The molecule has 4 rings (SSSR count). The lowest BCUT2D eigenvalue weighted by molar-refractivity contribution is -0.143. The quantitative estimate of drug-likeness (QED) is 0.379. The number of ether oxygens (including phenoxy) is 1. The topological polar surface area (TPSA) is 71.0 Å². The Kier molecular flexibility index (Phi) is 7.70. The number of esters is 1. The third-order valence-electron chi connectivity index (χ3n) is 6.10. The normalized spacial score (nSPS) is 19.4. The van der Waals surface area contributed by atoms with Gasteiger partial charge in [0.1, 0.15) is 6.54 Å². The number of hydrogen-bond donors (Lipinski definition) is 1. The van der Waals surface area contributed by atoms with Gasteiger partial charge in [-0.05, 0) is 60.5 Å². The van der Waals surface area contributed by atoms with Crippen molar-refractivity contribution in [2.24, 2.45) is 5.10 Å². The fourth-order valence-electron chi connectivity index (χ4n) is 4.31. The SMILES string of the molecule is CCOC(=O)CNC(=O)C1(C)C(c2cccs2)C(c2ccc(C)cc2)=NN1c1ccc(P)cc1P. The second kappa shape index (κ2) is 10.6. The van der Waals surface area contributed by atoms with Crippen LogP contribution in [0.2, 0.25) is 0 Å². The van der Waals surface area contributed by atoms with E-state index in [1.807, 2.05) is 73.8 Å².